The first-order valence-electron chi connectivity index (χ1n) is 6.27. The molecule has 3 heteroatoms. The molecule has 0 heterocycles. The van der Waals surface area contributed by atoms with Crippen molar-refractivity contribution in [1.29, 1.82) is 0 Å². The Labute approximate surface area is 103 Å². The minimum Gasteiger partial charge on any atom is -0.341 e. The minimum absolute atomic E-state index is 0.0306. The van der Waals surface area contributed by atoms with Gasteiger partial charge in [0, 0.05) is 13.1 Å². The monoisotopic (exact) mass is 232 g/mol. The molecule has 92 valence electrons. The van der Waals surface area contributed by atoms with Gasteiger partial charge < -0.3 is 10.6 Å². The first-order chi connectivity index (χ1) is 8.20. The summed E-state index contributed by atoms with van der Waals surface area (Å²) < 4.78 is 0. The number of amides is 1. The van der Waals surface area contributed by atoms with Crippen molar-refractivity contribution in [2.24, 2.45) is 5.73 Å². The largest absolute Gasteiger partial charge is 0.341 e. The van der Waals surface area contributed by atoms with Crippen molar-refractivity contribution in [3.05, 3.63) is 35.9 Å². The van der Waals surface area contributed by atoms with E-state index >= 15 is 0 Å². The summed E-state index contributed by atoms with van der Waals surface area (Å²) in [4.78, 5) is 14.1. The van der Waals surface area contributed by atoms with Gasteiger partial charge in [-0.05, 0) is 18.4 Å². The van der Waals surface area contributed by atoms with E-state index < -0.39 is 6.04 Å². The van der Waals surface area contributed by atoms with Crippen LogP contribution in [-0.4, -0.2) is 23.9 Å². The molecule has 17 heavy (non-hydrogen) atoms. The molecule has 1 amide bonds. The second-order valence-electron chi connectivity index (χ2n) is 4.78. The van der Waals surface area contributed by atoms with Crippen molar-refractivity contribution in [3.63, 3.8) is 0 Å². The SMILES string of the molecule is CN(C(=O)[C@H](N)c1ccccc1)C1CCCC1. The van der Waals surface area contributed by atoms with Crippen molar-refractivity contribution < 1.29 is 4.79 Å². The van der Waals surface area contributed by atoms with Crippen molar-refractivity contribution >= 4 is 5.91 Å². The number of hydrogen-bond donors (Lipinski definition) is 1. The number of nitrogens with zero attached hydrogens (tertiary/aromatic N) is 1. The fourth-order valence-electron chi connectivity index (χ4n) is 2.49. The molecule has 1 aromatic carbocycles. The standard InChI is InChI=1S/C14H20N2O/c1-16(12-9-5-6-10-12)14(17)13(15)11-7-3-2-4-8-11/h2-4,7-8,12-13H,5-6,9-10,15H2,1H3/t13-/m1/s1. The van der Waals surface area contributed by atoms with Crippen LogP contribution in [0.25, 0.3) is 0 Å². The average Bonchev–Trinajstić information content (AvgIpc) is 2.91. The molecule has 3 nitrogen and oxygen atoms in total. The third-order valence-corrected chi connectivity index (χ3v) is 3.64. The van der Waals surface area contributed by atoms with Gasteiger partial charge >= 0.3 is 0 Å². The van der Waals surface area contributed by atoms with Crippen LogP contribution in [0.3, 0.4) is 0 Å². The van der Waals surface area contributed by atoms with Gasteiger partial charge in [-0.15, -0.1) is 0 Å². The van der Waals surface area contributed by atoms with Crippen LogP contribution in [0, 0.1) is 0 Å². The Morgan fingerprint density at radius 3 is 2.47 bits per heavy atom. The quantitative estimate of drug-likeness (QED) is 0.867. The highest BCUT2D eigenvalue weighted by atomic mass is 16.2. The number of carbonyl (C=O) groups excluding carboxylic acids is 1. The van der Waals surface area contributed by atoms with Crippen LogP contribution in [-0.2, 0) is 4.79 Å². The van der Waals surface area contributed by atoms with Crippen LogP contribution >= 0.6 is 0 Å². The van der Waals surface area contributed by atoms with Gasteiger partial charge in [-0.1, -0.05) is 43.2 Å². The first-order valence-corrected chi connectivity index (χ1v) is 6.27. The maximum atomic E-state index is 12.2. The van der Waals surface area contributed by atoms with E-state index in [1.165, 1.54) is 12.8 Å². The van der Waals surface area contributed by atoms with E-state index in [2.05, 4.69) is 0 Å². The summed E-state index contributed by atoms with van der Waals surface area (Å²) in [5.41, 5.74) is 6.91. The Balaban J connectivity index is 2.04. The van der Waals surface area contributed by atoms with Crippen molar-refractivity contribution in [3.8, 4) is 0 Å². The summed E-state index contributed by atoms with van der Waals surface area (Å²) in [7, 11) is 1.88. The summed E-state index contributed by atoms with van der Waals surface area (Å²) in [6, 6.07) is 9.44. The van der Waals surface area contributed by atoms with Gasteiger partial charge in [0.05, 0.1) is 0 Å². The van der Waals surface area contributed by atoms with E-state index in [1.54, 1.807) is 0 Å². The number of carbonyl (C=O) groups is 1. The predicted molar refractivity (Wildman–Crippen MR) is 68.4 cm³/mol. The molecule has 0 spiro atoms. The van der Waals surface area contributed by atoms with Crippen LogP contribution < -0.4 is 5.73 Å². The van der Waals surface area contributed by atoms with Crippen molar-refractivity contribution in [2.45, 2.75) is 37.8 Å². The molecule has 1 saturated carbocycles. The van der Waals surface area contributed by atoms with Crippen LogP contribution in [0.2, 0.25) is 0 Å². The van der Waals surface area contributed by atoms with E-state index in [0.29, 0.717) is 6.04 Å². The highest BCUT2D eigenvalue weighted by Gasteiger charge is 2.27. The number of hydrogen-bond acceptors (Lipinski definition) is 2. The van der Waals surface area contributed by atoms with Crippen LogP contribution in [0.5, 0.6) is 0 Å². The van der Waals surface area contributed by atoms with E-state index in [9.17, 15) is 4.79 Å². The molecule has 2 N–H and O–H groups in total. The molecule has 1 aliphatic rings. The normalized spacial score (nSPS) is 18.0. The summed E-state index contributed by atoms with van der Waals surface area (Å²) >= 11 is 0. The zero-order valence-corrected chi connectivity index (χ0v) is 10.3. The lowest BCUT2D eigenvalue weighted by molar-refractivity contribution is -0.133. The Kier molecular flexibility index (Phi) is 3.79. The Hall–Kier alpha value is -1.35. The highest BCUT2D eigenvalue weighted by Crippen LogP contribution is 2.24. The molecule has 0 unspecified atom stereocenters. The second kappa shape index (κ2) is 5.32. The Morgan fingerprint density at radius 1 is 1.29 bits per heavy atom. The first kappa shape index (κ1) is 12.1. The van der Waals surface area contributed by atoms with E-state index in [1.807, 2.05) is 42.3 Å². The van der Waals surface area contributed by atoms with Gasteiger partial charge in [-0.25, -0.2) is 0 Å². The lowest BCUT2D eigenvalue weighted by Gasteiger charge is -2.27. The molecule has 2 rings (SSSR count). The molecule has 0 bridgehead atoms. The summed E-state index contributed by atoms with van der Waals surface area (Å²) in [5.74, 6) is 0.0306. The smallest absolute Gasteiger partial charge is 0.244 e. The number of nitrogens with two attached hydrogens (primary N) is 1. The van der Waals surface area contributed by atoms with Gasteiger partial charge in [-0.2, -0.15) is 0 Å². The van der Waals surface area contributed by atoms with Crippen LogP contribution in [0.15, 0.2) is 30.3 Å². The maximum absolute atomic E-state index is 12.2. The van der Waals surface area contributed by atoms with Crippen molar-refractivity contribution in [2.75, 3.05) is 7.05 Å². The summed E-state index contributed by atoms with van der Waals surface area (Å²) in [5, 5.41) is 0. The van der Waals surface area contributed by atoms with E-state index in [0.717, 1.165) is 18.4 Å². The van der Waals surface area contributed by atoms with E-state index in [-0.39, 0.29) is 5.91 Å². The molecular weight excluding hydrogens is 212 g/mol. The molecule has 0 radical (unpaired) electrons. The zero-order chi connectivity index (χ0) is 12.3. The highest BCUT2D eigenvalue weighted by molar-refractivity contribution is 5.83. The number of rotatable bonds is 3. The minimum atomic E-state index is -0.526. The van der Waals surface area contributed by atoms with Gasteiger partial charge in [-0.3, -0.25) is 4.79 Å². The zero-order valence-electron chi connectivity index (χ0n) is 10.3. The van der Waals surface area contributed by atoms with E-state index in [4.69, 9.17) is 5.73 Å². The predicted octanol–water partition coefficient (Wildman–Crippen LogP) is 2.09. The third-order valence-electron chi connectivity index (χ3n) is 3.64. The lowest BCUT2D eigenvalue weighted by Crippen LogP contribution is -2.41. The molecule has 1 aliphatic carbocycles. The third kappa shape index (κ3) is 2.67. The van der Waals surface area contributed by atoms with Gasteiger partial charge in [0.2, 0.25) is 5.91 Å². The molecule has 1 atom stereocenters. The topological polar surface area (TPSA) is 46.3 Å². The van der Waals surface area contributed by atoms with Gasteiger partial charge in [0.15, 0.2) is 0 Å². The Morgan fingerprint density at radius 2 is 1.88 bits per heavy atom. The fraction of sp³-hybridized carbons (Fsp3) is 0.500. The average molecular weight is 232 g/mol. The second-order valence-corrected chi connectivity index (χ2v) is 4.78. The van der Waals surface area contributed by atoms with Crippen LogP contribution in [0.1, 0.15) is 37.3 Å². The molecule has 1 fully saturated rings. The summed E-state index contributed by atoms with van der Waals surface area (Å²) in [6.07, 6.45) is 4.68. The molecule has 1 aromatic rings. The van der Waals surface area contributed by atoms with Crippen LogP contribution in [0.4, 0.5) is 0 Å². The van der Waals surface area contributed by atoms with Crippen molar-refractivity contribution in [1.82, 2.24) is 4.90 Å². The maximum Gasteiger partial charge on any atom is 0.244 e. The fourth-order valence-corrected chi connectivity index (χ4v) is 2.49. The van der Waals surface area contributed by atoms with Gasteiger partial charge in [0.25, 0.3) is 0 Å². The lowest BCUT2D eigenvalue weighted by atomic mass is 10.1. The molecule has 0 aliphatic heterocycles. The Bertz CT molecular complexity index is 371. The molecular formula is C14H20N2O. The number of likely N-dealkylation sites (N-methyl/N-ethyl adjacent to an activating group) is 1. The molecule has 0 saturated heterocycles. The summed E-state index contributed by atoms with van der Waals surface area (Å²) in [6.45, 7) is 0. The van der Waals surface area contributed by atoms with Gasteiger partial charge in [0.1, 0.15) is 6.04 Å². The number of benzene rings is 1. The molecule has 0 aromatic heterocycles.